The van der Waals surface area contributed by atoms with Crippen molar-refractivity contribution in [2.45, 2.75) is 39.0 Å². The maximum Gasteiger partial charge on any atom is 0.278 e. The van der Waals surface area contributed by atoms with Crippen molar-refractivity contribution in [3.63, 3.8) is 0 Å². The largest absolute Gasteiger partial charge is 0.496 e. The highest BCUT2D eigenvalue weighted by Gasteiger charge is 2.28. The molecule has 0 amide bonds. The van der Waals surface area contributed by atoms with E-state index in [1.807, 2.05) is 0 Å². The minimum Gasteiger partial charge on any atom is -0.496 e. The number of nitrogens with zero attached hydrogens (tertiary/aromatic N) is 2. The Morgan fingerprint density at radius 1 is 1.19 bits per heavy atom. The van der Waals surface area contributed by atoms with Gasteiger partial charge in [-0.25, -0.2) is 4.68 Å². The van der Waals surface area contributed by atoms with E-state index in [4.69, 9.17) is 21.1 Å². The van der Waals surface area contributed by atoms with E-state index in [2.05, 4.69) is 11.8 Å². The van der Waals surface area contributed by atoms with E-state index in [1.54, 1.807) is 35.5 Å². The number of hydrogen-bond acceptors (Lipinski definition) is 4. The third-order valence-corrected chi connectivity index (χ3v) is 4.96. The van der Waals surface area contributed by atoms with Gasteiger partial charge in [-0.05, 0) is 31.9 Å². The molecule has 7 heteroatoms. The first kappa shape index (κ1) is 18.4. The van der Waals surface area contributed by atoms with E-state index in [-0.39, 0.29) is 23.1 Å². The topological polar surface area (TPSA) is 65.6 Å². The van der Waals surface area contributed by atoms with E-state index >= 15 is 0 Å². The van der Waals surface area contributed by atoms with Crippen LogP contribution in [0.4, 0.5) is 0 Å². The summed E-state index contributed by atoms with van der Waals surface area (Å²) in [6.45, 7) is 2.67. The van der Waals surface area contributed by atoms with Crippen LogP contribution in [0.5, 0.6) is 11.6 Å². The molecule has 1 N–H and O–H groups in total. The molecule has 2 heterocycles. The predicted octanol–water partition coefficient (Wildman–Crippen LogP) is 2.86. The standard InChI is InChI=1S/C19H21ClN2O4/c1-4-5-12-10-14(20)16(15(11-12)26-3)17-18(23)21-8-6-13(25-2)7-9-22(21)19(17)24/h10-11,13,23H,6-9H2,1-3H3. The molecule has 3 rings (SSSR count). The molecule has 0 spiro atoms. The lowest BCUT2D eigenvalue weighted by Gasteiger charge is -2.12. The number of methoxy groups -OCH3 is 2. The Balaban J connectivity index is 2.18. The van der Waals surface area contributed by atoms with Crippen molar-refractivity contribution >= 4 is 11.6 Å². The van der Waals surface area contributed by atoms with E-state index in [1.165, 1.54) is 7.11 Å². The van der Waals surface area contributed by atoms with Gasteiger partial charge < -0.3 is 14.6 Å². The van der Waals surface area contributed by atoms with Crippen molar-refractivity contribution in [3.8, 4) is 34.6 Å². The Morgan fingerprint density at radius 3 is 2.50 bits per heavy atom. The number of benzene rings is 1. The summed E-state index contributed by atoms with van der Waals surface area (Å²) in [5.41, 5.74) is 0.920. The van der Waals surface area contributed by atoms with Gasteiger partial charge in [-0.15, -0.1) is 5.92 Å². The van der Waals surface area contributed by atoms with Crippen molar-refractivity contribution in [1.82, 2.24) is 9.36 Å². The van der Waals surface area contributed by atoms with Crippen LogP contribution < -0.4 is 10.3 Å². The van der Waals surface area contributed by atoms with Crippen LogP contribution >= 0.6 is 11.6 Å². The Bertz CT molecular complexity index is 949. The Labute approximate surface area is 156 Å². The number of fused-ring (bicyclic) bond motifs is 1. The maximum absolute atomic E-state index is 13.0. The van der Waals surface area contributed by atoms with Crippen LogP contribution in [0.3, 0.4) is 0 Å². The number of halogens is 1. The van der Waals surface area contributed by atoms with Crippen molar-refractivity contribution in [1.29, 1.82) is 0 Å². The Hall–Kier alpha value is -2.36. The van der Waals surface area contributed by atoms with Crippen LogP contribution in [0.25, 0.3) is 11.1 Å². The van der Waals surface area contributed by atoms with Gasteiger partial charge >= 0.3 is 0 Å². The Kier molecular flexibility index (Phi) is 5.30. The fourth-order valence-electron chi connectivity index (χ4n) is 3.36. The summed E-state index contributed by atoms with van der Waals surface area (Å²) in [5.74, 6) is 6.02. The van der Waals surface area contributed by atoms with E-state index in [9.17, 15) is 9.90 Å². The second-order valence-electron chi connectivity index (χ2n) is 6.10. The highest BCUT2D eigenvalue weighted by atomic mass is 35.5. The lowest BCUT2D eigenvalue weighted by Crippen LogP contribution is -2.22. The second-order valence-corrected chi connectivity index (χ2v) is 6.50. The predicted molar refractivity (Wildman–Crippen MR) is 99.9 cm³/mol. The van der Waals surface area contributed by atoms with Gasteiger partial charge in [0.05, 0.1) is 23.8 Å². The molecule has 2 aromatic rings. The Morgan fingerprint density at radius 2 is 1.88 bits per heavy atom. The maximum atomic E-state index is 13.0. The summed E-state index contributed by atoms with van der Waals surface area (Å²) < 4.78 is 14.0. The van der Waals surface area contributed by atoms with Gasteiger partial charge in [0.15, 0.2) is 0 Å². The van der Waals surface area contributed by atoms with E-state index in [0.29, 0.717) is 47.8 Å². The van der Waals surface area contributed by atoms with Gasteiger partial charge in [0.25, 0.3) is 5.56 Å². The molecule has 138 valence electrons. The minimum absolute atomic E-state index is 0.0645. The number of hydrogen-bond donors (Lipinski definition) is 1. The summed E-state index contributed by atoms with van der Waals surface area (Å²) in [4.78, 5) is 13.0. The highest BCUT2D eigenvalue weighted by Crippen LogP contribution is 2.40. The summed E-state index contributed by atoms with van der Waals surface area (Å²) in [5, 5.41) is 11.1. The van der Waals surface area contributed by atoms with Crippen LogP contribution in [0.1, 0.15) is 25.3 Å². The van der Waals surface area contributed by atoms with Crippen LogP contribution in [0.2, 0.25) is 5.02 Å². The fourth-order valence-corrected chi connectivity index (χ4v) is 3.66. The number of aromatic nitrogens is 2. The van der Waals surface area contributed by atoms with E-state index < -0.39 is 0 Å². The normalized spacial score (nSPS) is 16.4. The third kappa shape index (κ3) is 3.09. The first-order chi connectivity index (χ1) is 12.5. The van der Waals surface area contributed by atoms with E-state index in [0.717, 1.165) is 0 Å². The molecule has 1 aliphatic rings. The minimum atomic E-state index is -0.297. The lowest BCUT2D eigenvalue weighted by molar-refractivity contribution is 0.0873. The highest BCUT2D eigenvalue weighted by molar-refractivity contribution is 6.34. The van der Waals surface area contributed by atoms with Crippen molar-refractivity contribution < 1.29 is 14.6 Å². The zero-order valence-electron chi connectivity index (χ0n) is 15.0. The molecule has 0 saturated heterocycles. The van der Waals surface area contributed by atoms with Crippen LogP contribution in [0, 0.1) is 11.8 Å². The van der Waals surface area contributed by atoms with Gasteiger partial charge in [-0.1, -0.05) is 17.5 Å². The van der Waals surface area contributed by atoms with Gasteiger partial charge in [0.1, 0.15) is 11.3 Å². The second kappa shape index (κ2) is 7.48. The first-order valence-corrected chi connectivity index (χ1v) is 8.75. The molecule has 26 heavy (non-hydrogen) atoms. The average Bonchev–Trinajstić information content (AvgIpc) is 2.79. The quantitative estimate of drug-likeness (QED) is 0.836. The molecular weight excluding hydrogens is 356 g/mol. The summed E-state index contributed by atoms with van der Waals surface area (Å²) in [6, 6.07) is 3.38. The van der Waals surface area contributed by atoms with Crippen molar-refractivity contribution in [2.24, 2.45) is 0 Å². The average molecular weight is 377 g/mol. The molecule has 1 unspecified atom stereocenters. The molecule has 1 aromatic heterocycles. The smallest absolute Gasteiger partial charge is 0.278 e. The molecule has 1 aromatic carbocycles. The first-order valence-electron chi connectivity index (χ1n) is 8.37. The molecule has 1 aliphatic heterocycles. The van der Waals surface area contributed by atoms with Crippen LogP contribution in [-0.2, 0) is 17.8 Å². The van der Waals surface area contributed by atoms with Gasteiger partial charge in [-0.3, -0.25) is 9.48 Å². The van der Waals surface area contributed by atoms with Gasteiger partial charge in [-0.2, -0.15) is 0 Å². The number of ether oxygens (including phenoxy) is 2. The monoisotopic (exact) mass is 376 g/mol. The number of aromatic hydroxyl groups is 1. The molecule has 0 bridgehead atoms. The molecule has 0 aliphatic carbocycles. The van der Waals surface area contributed by atoms with Crippen LogP contribution in [0.15, 0.2) is 16.9 Å². The molecule has 6 nitrogen and oxygen atoms in total. The molecule has 0 fully saturated rings. The number of rotatable bonds is 3. The lowest BCUT2D eigenvalue weighted by atomic mass is 10.0. The SMILES string of the molecule is CC#Cc1cc(Cl)c(-c2c(O)n3n(c2=O)CCC(OC)CC3)c(OC)c1. The van der Waals surface area contributed by atoms with Crippen molar-refractivity contribution in [3.05, 3.63) is 33.1 Å². The third-order valence-electron chi connectivity index (χ3n) is 4.66. The molecule has 0 radical (unpaired) electrons. The van der Waals surface area contributed by atoms with Gasteiger partial charge in [0, 0.05) is 25.8 Å². The van der Waals surface area contributed by atoms with Crippen LogP contribution in [-0.4, -0.2) is 34.8 Å². The zero-order chi connectivity index (χ0) is 18.8. The summed E-state index contributed by atoms with van der Waals surface area (Å²) in [7, 11) is 3.15. The summed E-state index contributed by atoms with van der Waals surface area (Å²) in [6.07, 6.45) is 1.48. The molecule has 1 atom stereocenters. The van der Waals surface area contributed by atoms with Gasteiger partial charge in [0.2, 0.25) is 5.88 Å². The zero-order valence-corrected chi connectivity index (χ0v) is 15.8. The molecule has 0 saturated carbocycles. The van der Waals surface area contributed by atoms with Crippen molar-refractivity contribution in [2.75, 3.05) is 14.2 Å². The molecular formula is C19H21ClN2O4. The summed E-state index contributed by atoms with van der Waals surface area (Å²) >= 11 is 6.43. The fraction of sp³-hybridized carbons (Fsp3) is 0.421.